The summed E-state index contributed by atoms with van der Waals surface area (Å²) < 4.78 is 11.8. The number of carbonyl (C=O) groups excluding carboxylic acids is 3. The molecule has 3 aromatic carbocycles. The number of aryl methyl sites for hydroxylation is 1. The predicted molar refractivity (Wildman–Crippen MR) is 142 cm³/mol. The van der Waals surface area contributed by atoms with Crippen LogP contribution >= 0.6 is 15.9 Å². The van der Waals surface area contributed by atoms with Gasteiger partial charge in [0.1, 0.15) is 11.3 Å². The number of fused-ring (bicyclic) bond motifs is 1. The Labute approximate surface area is 221 Å². The lowest BCUT2D eigenvalue weighted by Gasteiger charge is -2.27. The second-order valence-corrected chi connectivity index (χ2v) is 9.56. The number of hydrogen-bond acceptors (Lipinski definition) is 6. The molecule has 7 nitrogen and oxygen atoms in total. The first-order valence-corrected chi connectivity index (χ1v) is 12.4. The van der Waals surface area contributed by atoms with Crippen LogP contribution in [0, 0.1) is 0 Å². The Hall–Kier alpha value is -4.17. The van der Waals surface area contributed by atoms with Crippen LogP contribution < -0.4 is 9.64 Å². The van der Waals surface area contributed by atoms with E-state index in [-0.39, 0.29) is 11.3 Å². The van der Waals surface area contributed by atoms with Crippen LogP contribution in [0.2, 0.25) is 0 Å². The molecule has 0 bridgehead atoms. The molecule has 1 aromatic heterocycles. The Balaban J connectivity index is 1.62. The number of halogens is 1. The summed E-state index contributed by atoms with van der Waals surface area (Å²) in [5.74, 6) is -2.07. The first-order chi connectivity index (χ1) is 17.8. The Morgan fingerprint density at radius 3 is 2.38 bits per heavy atom. The van der Waals surface area contributed by atoms with E-state index in [1.165, 1.54) is 11.8 Å². The van der Waals surface area contributed by atoms with Gasteiger partial charge in [-0.25, -0.2) is 0 Å². The number of ketones is 1. The van der Waals surface area contributed by atoms with Crippen LogP contribution in [-0.4, -0.2) is 22.8 Å². The van der Waals surface area contributed by atoms with E-state index < -0.39 is 29.5 Å². The largest absolute Gasteiger partial charge is 0.503 e. The van der Waals surface area contributed by atoms with E-state index in [0.29, 0.717) is 28.0 Å². The summed E-state index contributed by atoms with van der Waals surface area (Å²) in [5, 5.41) is 11.7. The van der Waals surface area contributed by atoms with Crippen molar-refractivity contribution >= 4 is 50.2 Å². The highest BCUT2D eigenvalue weighted by atomic mass is 79.9. The zero-order valence-electron chi connectivity index (χ0n) is 20.0. The molecule has 4 aromatic rings. The summed E-state index contributed by atoms with van der Waals surface area (Å²) in [7, 11) is 0. The summed E-state index contributed by atoms with van der Waals surface area (Å²) in [6.07, 6.45) is 0.824. The van der Waals surface area contributed by atoms with E-state index in [1.807, 2.05) is 25.1 Å². The number of furan rings is 1. The van der Waals surface area contributed by atoms with Gasteiger partial charge < -0.3 is 14.3 Å². The molecule has 0 radical (unpaired) electrons. The van der Waals surface area contributed by atoms with Crippen LogP contribution in [0.1, 0.15) is 41.6 Å². The van der Waals surface area contributed by atoms with Gasteiger partial charge in [0.2, 0.25) is 5.78 Å². The van der Waals surface area contributed by atoms with Crippen molar-refractivity contribution < 1.29 is 28.6 Å². The minimum Gasteiger partial charge on any atom is -0.503 e. The number of ether oxygens (including phenoxy) is 1. The minimum atomic E-state index is -0.932. The topological polar surface area (TPSA) is 97.1 Å². The lowest BCUT2D eigenvalue weighted by atomic mass is 9.94. The quantitative estimate of drug-likeness (QED) is 0.165. The summed E-state index contributed by atoms with van der Waals surface area (Å²) >= 11 is 3.41. The zero-order valence-corrected chi connectivity index (χ0v) is 21.6. The van der Waals surface area contributed by atoms with Crippen molar-refractivity contribution in [2.45, 2.75) is 26.3 Å². The van der Waals surface area contributed by atoms with Gasteiger partial charge >= 0.3 is 5.97 Å². The van der Waals surface area contributed by atoms with Gasteiger partial charge in [-0.05, 0) is 66.1 Å². The SMILES string of the molecule is CCc1ccc(N2C(=O)C(O)=C(C(=O)c3cc4cc(Br)ccc4o3)C2c2ccc(OC(C)=O)cc2)cc1. The predicted octanol–water partition coefficient (Wildman–Crippen LogP) is 6.47. The van der Waals surface area contributed by atoms with Crippen molar-refractivity contribution in [2.24, 2.45) is 0 Å². The molecule has 0 fully saturated rings. The third-order valence-electron chi connectivity index (χ3n) is 6.24. The van der Waals surface area contributed by atoms with E-state index in [4.69, 9.17) is 9.15 Å². The molecule has 186 valence electrons. The van der Waals surface area contributed by atoms with Crippen LogP contribution in [0.25, 0.3) is 11.0 Å². The minimum absolute atomic E-state index is 0.00663. The van der Waals surface area contributed by atoms with Crippen molar-refractivity contribution in [3.63, 3.8) is 0 Å². The van der Waals surface area contributed by atoms with Crippen molar-refractivity contribution in [1.82, 2.24) is 0 Å². The number of nitrogens with zero attached hydrogens (tertiary/aromatic N) is 1. The molecule has 1 atom stereocenters. The smallest absolute Gasteiger partial charge is 0.308 e. The average molecular weight is 560 g/mol. The van der Waals surface area contributed by atoms with Crippen molar-refractivity contribution in [2.75, 3.05) is 4.90 Å². The highest BCUT2D eigenvalue weighted by Crippen LogP contribution is 2.43. The summed E-state index contributed by atoms with van der Waals surface area (Å²) in [5.41, 5.74) is 2.57. The molecule has 2 heterocycles. The van der Waals surface area contributed by atoms with Crippen LogP contribution in [-0.2, 0) is 16.0 Å². The molecular weight excluding hydrogens is 538 g/mol. The number of aliphatic hydroxyl groups excluding tert-OH is 1. The first-order valence-electron chi connectivity index (χ1n) is 11.6. The maximum Gasteiger partial charge on any atom is 0.308 e. The van der Waals surface area contributed by atoms with E-state index >= 15 is 0 Å². The molecule has 1 unspecified atom stereocenters. The Morgan fingerprint density at radius 2 is 1.73 bits per heavy atom. The second-order valence-electron chi connectivity index (χ2n) is 8.64. The average Bonchev–Trinajstić information content (AvgIpc) is 3.42. The number of amides is 1. The maximum absolute atomic E-state index is 13.8. The molecule has 1 aliphatic rings. The molecule has 0 aliphatic carbocycles. The van der Waals surface area contributed by atoms with Crippen LogP contribution in [0.5, 0.6) is 5.75 Å². The van der Waals surface area contributed by atoms with Gasteiger partial charge in [-0.15, -0.1) is 0 Å². The zero-order chi connectivity index (χ0) is 26.3. The van der Waals surface area contributed by atoms with Crippen LogP contribution in [0.4, 0.5) is 5.69 Å². The van der Waals surface area contributed by atoms with Gasteiger partial charge in [0.15, 0.2) is 11.5 Å². The third-order valence-corrected chi connectivity index (χ3v) is 6.73. The molecule has 1 N–H and O–H groups in total. The number of hydrogen-bond donors (Lipinski definition) is 1. The number of carbonyl (C=O) groups is 3. The van der Waals surface area contributed by atoms with Gasteiger partial charge in [0.25, 0.3) is 5.91 Å². The fraction of sp³-hybridized carbons (Fsp3) is 0.138. The normalized spacial score (nSPS) is 15.5. The van der Waals surface area contributed by atoms with Gasteiger partial charge in [-0.3, -0.25) is 19.3 Å². The van der Waals surface area contributed by atoms with Gasteiger partial charge in [0.05, 0.1) is 11.6 Å². The standard InChI is InChI=1S/C29H22BrNO6/c1-3-17-4-9-21(10-5-17)31-26(18-6-11-22(12-7-18)36-16(2)32)25(28(34)29(31)35)27(33)24-15-19-14-20(30)8-13-23(19)37-24/h4-15,26,34H,3H2,1-2H3. The molecule has 37 heavy (non-hydrogen) atoms. The second kappa shape index (κ2) is 9.71. The van der Waals surface area contributed by atoms with Gasteiger partial charge in [-0.2, -0.15) is 0 Å². The number of benzene rings is 3. The Kier molecular flexibility index (Phi) is 6.43. The van der Waals surface area contributed by atoms with Crippen LogP contribution in [0.15, 0.2) is 93.0 Å². The van der Waals surface area contributed by atoms with Gasteiger partial charge in [0, 0.05) is 22.5 Å². The summed E-state index contributed by atoms with van der Waals surface area (Å²) in [4.78, 5) is 39.9. The van der Waals surface area contributed by atoms with E-state index in [2.05, 4.69) is 15.9 Å². The fourth-order valence-corrected chi connectivity index (χ4v) is 4.83. The Bertz CT molecular complexity index is 1570. The lowest BCUT2D eigenvalue weighted by molar-refractivity contribution is -0.131. The van der Waals surface area contributed by atoms with Crippen molar-refractivity contribution in [3.8, 4) is 5.75 Å². The highest BCUT2D eigenvalue weighted by molar-refractivity contribution is 9.10. The third kappa shape index (κ3) is 4.56. The van der Waals surface area contributed by atoms with E-state index in [9.17, 15) is 19.5 Å². The van der Waals surface area contributed by atoms with Crippen molar-refractivity contribution in [3.05, 3.63) is 105 Å². The lowest BCUT2D eigenvalue weighted by Crippen LogP contribution is -2.31. The number of aliphatic hydroxyl groups is 1. The molecule has 5 rings (SSSR count). The molecule has 0 saturated carbocycles. The summed E-state index contributed by atoms with van der Waals surface area (Å²) in [6, 6.07) is 19.9. The number of Topliss-reactive ketones (excluding diaryl/α,β-unsaturated/α-hetero) is 1. The molecule has 0 spiro atoms. The monoisotopic (exact) mass is 559 g/mol. The molecule has 1 amide bonds. The van der Waals surface area contributed by atoms with Crippen LogP contribution in [0.3, 0.4) is 0 Å². The highest BCUT2D eigenvalue weighted by Gasteiger charge is 2.45. The fourth-order valence-electron chi connectivity index (χ4n) is 4.45. The molecular formula is C29H22BrNO6. The number of anilines is 1. The molecule has 8 heteroatoms. The number of esters is 1. The molecule has 0 saturated heterocycles. The van der Waals surface area contributed by atoms with Gasteiger partial charge in [-0.1, -0.05) is 47.1 Å². The summed E-state index contributed by atoms with van der Waals surface area (Å²) in [6.45, 7) is 3.33. The maximum atomic E-state index is 13.8. The number of rotatable bonds is 6. The molecule has 1 aliphatic heterocycles. The first kappa shape index (κ1) is 24.5. The van der Waals surface area contributed by atoms with E-state index in [0.717, 1.165) is 16.5 Å². The van der Waals surface area contributed by atoms with Crippen molar-refractivity contribution in [1.29, 1.82) is 0 Å². The Morgan fingerprint density at radius 1 is 1.03 bits per heavy atom. The van der Waals surface area contributed by atoms with E-state index in [1.54, 1.807) is 54.6 Å².